The number of aryl methyl sites for hydroxylation is 1. The molecule has 0 bridgehead atoms. The van der Waals surface area contributed by atoms with Crippen LogP contribution in [0.5, 0.6) is 0 Å². The highest BCUT2D eigenvalue weighted by Crippen LogP contribution is 2.30. The number of aromatic nitrogens is 2. The molecule has 0 spiro atoms. The Bertz CT molecular complexity index is 664. The van der Waals surface area contributed by atoms with Crippen molar-refractivity contribution >= 4 is 5.91 Å². The van der Waals surface area contributed by atoms with E-state index in [4.69, 9.17) is 0 Å². The Kier molecular flexibility index (Phi) is 3.97. The molecule has 2 aromatic rings. The van der Waals surface area contributed by atoms with Crippen LogP contribution in [0.15, 0.2) is 24.4 Å². The normalized spacial score (nSPS) is 11.5. The van der Waals surface area contributed by atoms with Crippen molar-refractivity contribution in [3.05, 3.63) is 52.6 Å². The van der Waals surface area contributed by atoms with Crippen molar-refractivity contribution in [2.45, 2.75) is 19.6 Å². The Hall–Kier alpha value is -2.38. The molecule has 0 radical (unpaired) electrons. The van der Waals surface area contributed by atoms with Gasteiger partial charge in [0.15, 0.2) is 0 Å². The first kappa shape index (κ1) is 15.0. The van der Waals surface area contributed by atoms with Crippen LogP contribution in [0.4, 0.5) is 17.6 Å². The number of aromatic amines is 1. The Morgan fingerprint density at radius 2 is 2.10 bits per heavy atom. The highest BCUT2D eigenvalue weighted by Gasteiger charge is 2.31. The van der Waals surface area contributed by atoms with E-state index in [0.717, 1.165) is 0 Å². The van der Waals surface area contributed by atoms with E-state index in [1.54, 1.807) is 6.92 Å². The van der Waals surface area contributed by atoms with Crippen molar-refractivity contribution in [2.75, 3.05) is 0 Å². The molecule has 4 nitrogen and oxygen atoms in total. The maximum absolute atomic E-state index is 13.5. The summed E-state index contributed by atoms with van der Waals surface area (Å²) in [5.41, 5.74) is -0.352. The quantitative estimate of drug-likeness (QED) is 0.857. The number of hydrogen-bond acceptors (Lipinski definition) is 2. The fraction of sp³-hybridized carbons (Fsp3) is 0.231. The average Bonchev–Trinajstić information content (AvgIpc) is 2.80. The minimum atomic E-state index is -4.64. The number of alkyl halides is 3. The van der Waals surface area contributed by atoms with E-state index in [1.165, 1.54) is 6.20 Å². The standard InChI is InChI=1S/C13H11F4N3O/c1-7-8(6-19-20-7)5-18-12(21)10-4-9(13(15,16)17)2-3-11(10)14/h2-4,6H,5H2,1H3,(H,18,21)(H,19,20). The van der Waals surface area contributed by atoms with Crippen molar-refractivity contribution in [2.24, 2.45) is 0 Å². The number of benzene rings is 1. The molecule has 0 fully saturated rings. The Balaban J connectivity index is 2.17. The van der Waals surface area contributed by atoms with Gasteiger partial charge in [-0.05, 0) is 25.1 Å². The Morgan fingerprint density at radius 3 is 2.67 bits per heavy atom. The van der Waals surface area contributed by atoms with Crippen LogP contribution in [0.1, 0.15) is 27.2 Å². The minimum Gasteiger partial charge on any atom is -0.348 e. The zero-order valence-corrected chi connectivity index (χ0v) is 10.9. The van der Waals surface area contributed by atoms with Crippen LogP contribution in [0.2, 0.25) is 0 Å². The first-order valence-electron chi connectivity index (χ1n) is 5.93. The largest absolute Gasteiger partial charge is 0.416 e. The van der Waals surface area contributed by atoms with Crippen LogP contribution in [0.3, 0.4) is 0 Å². The van der Waals surface area contributed by atoms with Gasteiger partial charge in [0.1, 0.15) is 5.82 Å². The molecule has 0 saturated carbocycles. The average molecular weight is 301 g/mol. The molecular weight excluding hydrogens is 290 g/mol. The highest BCUT2D eigenvalue weighted by molar-refractivity contribution is 5.94. The molecule has 0 aliphatic heterocycles. The fourth-order valence-corrected chi connectivity index (χ4v) is 1.70. The van der Waals surface area contributed by atoms with E-state index < -0.39 is 29.0 Å². The summed E-state index contributed by atoms with van der Waals surface area (Å²) in [6.45, 7) is 1.76. The van der Waals surface area contributed by atoms with Gasteiger partial charge >= 0.3 is 6.18 Å². The van der Waals surface area contributed by atoms with E-state index in [9.17, 15) is 22.4 Å². The molecule has 0 aliphatic rings. The first-order valence-corrected chi connectivity index (χ1v) is 5.93. The van der Waals surface area contributed by atoms with E-state index in [2.05, 4.69) is 15.5 Å². The summed E-state index contributed by atoms with van der Waals surface area (Å²) in [4.78, 5) is 11.8. The molecule has 1 aromatic carbocycles. The molecule has 21 heavy (non-hydrogen) atoms. The third-order valence-electron chi connectivity index (χ3n) is 2.91. The second-order valence-electron chi connectivity index (χ2n) is 4.40. The highest BCUT2D eigenvalue weighted by atomic mass is 19.4. The number of H-pyrrole nitrogens is 1. The van der Waals surface area contributed by atoms with Gasteiger partial charge in [-0.25, -0.2) is 4.39 Å². The van der Waals surface area contributed by atoms with Gasteiger partial charge in [-0.2, -0.15) is 18.3 Å². The topological polar surface area (TPSA) is 57.8 Å². The summed E-state index contributed by atoms with van der Waals surface area (Å²) in [7, 11) is 0. The van der Waals surface area contributed by atoms with Gasteiger partial charge in [-0.3, -0.25) is 9.89 Å². The summed E-state index contributed by atoms with van der Waals surface area (Å²) in [6.07, 6.45) is -3.16. The number of carbonyl (C=O) groups is 1. The molecule has 0 aliphatic carbocycles. The zero-order chi connectivity index (χ0) is 15.6. The third-order valence-corrected chi connectivity index (χ3v) is 2.91. The molecule has 2 rings (SSSR count). The Labute approximate surface area is 117 Å². The molecule has 1 heterocycles. The van der Waals surface area contributed by atoms with Gasteiger partial charge in [-0.15, -0.1) is 0 Å². The van der Waals surface area contributed by atoms with Gasteiger partial charge in [-0.1, -0.05) is 0 Å². The SMILES string of the molecule is Cc1[nH]ncc1CNC(=O)c1cc(C(F)(F)F)ccc1F. The maximum atomic E-state index is 13.5. The molecular formula is C13H11F4N3O. The molecule has 0 saturated heterocycles. The van der Waals surface area contributed by atoms with Crippen molar-refractivity contribution in [1.82, 2.24) is 15.5 Å². The number of rotatable bonds is 3. The van der Waals surface area contributed by atoms with Crippen molar-refractivity contribution in [3.8, 4) is 0 Å². The van der Waals surface area contributed by atoms with Crippen LogP contribution in [-0.4, -0.2) is 16.1 Å². The minimum absolute atomic E-state index is 0.0385. The second-order valence-corrected chi connectivity index (χ2v) is 4.40. The van der Waals surface area contributed by atoms with E-state index in [1.807, 2.05) is 0 Å². The Morgan fingerprint density at radius 1 is 1.38 bits per heavy atom. The molecule has 0 atom stereocenters. The summed E-state index contributed by atoms with van der Waals surface area (Å²) >= 11 is 0. The van der Waals surface area contributed by atoms with Gasteiger partial charge in [0, 0.05) is 17.8 Å². The zero-order valence-electron chi connectivity index (χ0n) is 10.9. The summed E-state index contributed by atoms with van der Waals surface area (Å²) < 4.78 is 51.2. The summed E-state index contributed by atoms with van der Waals surface area (Å²) in [5.74, 6) is -1.93. The number of hydrogen-bond donors (Lipinski definition) is 2. The first-order chi connectivity index (χ1) is 9.79. The lowest BCUT2D eigenvalue weighted by Gasteiger charge is -2.10. The molecule has 112 valence electrons. The predicted molar refractivity (Wildman–Crippen MR) is 65.9 cm³/mol. The van der Waals surface area contributed by atoms with Crippen LogP contribution >= 0.6 is 0 Å². The lowest BCUT2D eigenvalue weighted by atomic mass is 10.1. The summed E-state index contributed by atoms with van der Waals surface area (Å²) in [5, 5.41) is 8.74. The van der Waals surface area contributed by atoms with Gasteiger partial charge in [0.05, 0.1) is 17.3 Å². The van der Waals surface area contributed by atoms with Crippen LogP contribution in [0.25, 0.3) is 0 Å². The molecule has 8 heteroatoms. The van der Waals surface area contributed by atoms with E-state index >= 15 is 0 Å². The number of carbonyl (C=O) groups excluding carboxylic acids is 1. The van der Waals surface area contributed by atoms with Crippen molar-refractivity contribution in [1.29, 1.82) is 0 Å². The van der Waals surface area contributed by atoms with Crippen LogP contribution < -0.4 is 5.32 Å². The third kappa shape index (κ3) is 3.39. The number of halogens is 4. The van der Waals surface area contributed by atoms with E-state index in [0.29, 0.717) is 29.5 Å². The molecule has 2 N–H and O–H groups in total. The maximum Gasteiger partial charge on any atom is 0.416 e. The summed E-state index contributed by atoms with van der Waals surface area (Å²) in [6, 6.07) is 1.71. The number of amides is 1. The monoisotopic (exact) mass is 301 g/mol. The van der Waals surface area contributed by atoms with Gasteiger partial charge < -0.3 is 5.32 Å². The lowest BCUT2D eigenvalue weighted by molar-refractivity contribution is -0.137. The van der Waals surface area contributed by atoms with Gasteiger partial charge in [0.2, 0.25) is 0 Å². The van der Waals surface area contributed by atoms with Crippen LogP contribution in [0, 0.1) is 12.7 Å². The molecule has 1 amide bonds. The van der Waals surface area contributed by atoms with Crippen molar-refractivity contribution in [3.63, 3.8) is 0 Å². The van der Waals surface area contributed by atoms with Gasteiger partial charge in [0.25, 0.3) is 5.91 Å². The predicted octanol–water partition coefficient (Wildman–Crippen LogP) is 2.81. The molecule has 1 aromatic heterocycles. The smallest absolute Gasteiger partial charge is 0.348 e. The number of nitrogens with one attached hydrogen (secondary N) is 2. The fourth-order valence-electron chi connectivity index (χ4n) is 1.70. The molecule has 0 unspecified atom stereocenters. The lowest BCUT2D eigenvalue weighted by Crippen LogP contribution is -2.24. The second kappa shape index (κ2) is 5.55. The van der Waals surface area contributed by atoms with Crippen LogP contribution in [-0.2, 0) is 12.7 Å². The van der Waals surface area contributed by atoms with E-state index in [-0.39, 0.29) is 6.54 Å². The van der Waals surface area contributed by atoms with Crippen molar-refractivity contribution < 1.29 is 22.4 Å². The number of nitrogens with zero attached hydrogens (tertiary/aromatic N) is 1.